The molecule has 1 rings (SSSR count). The number of thiophene rings is 1. The normalized spacial score (nSPS) is 12.9. The summed E-state index contributed by atoms with van der Waals surface area (Å²) in [7, 11) is 0. The molecule has 3 N–H and O–H groups in total. The molecule has 1 aromatic heterocycles. The lowest BCUT2D eigenvalue weighted by molar-refractivity contribution is 0.508. The van der Waals surface area contributed by atoms with Crippen molar-refractivity contribution in [3.63, 3.8) is 0 Å². The standard InChI is InChI=1S/C10H16BrN3S/c1-10(2,3)14-9(12)13-5-7-4-8(11)15-6-7/h4,6H,5H2,1-3H3,(H3,12,13,14). The predicted octanol–water partition coefficient (Wildman–Crippen LogP) is 2.71. The molecule has 0 spiro atoms. The summed E-state index contributed by atoms with van der Waals surface area (Å²) < 4.78 is 1.12. The van der Waals surface area contributed by atoms with Gasteiger partial charge in [0.1, 0.15) is 0 Å². The van der Waals surface area contributed by atoms with Crippen LogP contribution in [0.1, 0.15) is 26.3 Å². The summed E-state index contributed by atoms with van der Waals surface area (Å²) in [4.78, 5) is 4.26. The van der Waals surface area contributed by atoms with Gasteiger partial charge in [-0.15, -0.1) is 11.3 Å². The third-order valence-electron chi connectivity index (χ3n) is 1.56. The summed E-state index contributed by atoms with van der Waals surface area (Å²) in [6, 6.07) is 2.05. The number of nitrogens with two attached hydrogens (primary N) is 1. The van der Waals surface area contributed by atoms with E-state index in [0.29, 0.717) is 12.5 Å². The lowest BCUT2D eigenvalue weighted by atomic mass is 10.1. The first-order valence-electron chi connectivity index (χ1n) is 4.68. The van der Waals surface area contributed by atoms with Crippen molar-refractivity contribution in [3.8, 4) is 0 Å². The van der Waals surface area contributed by atoms with E-state index in [4.69, 9.17) is 5.73 Å². The van der Waals surface area contributed by atoms with Crippen molar-refractivity contribution in [3.05, 3.63) is 20.8 Å². The Hall–Kier alpha value is -0.550. The fourth-order valence-electron chi connectivity index (χ4n) is 1.03. The van der Waals surface area contributed by atoms with Crippen molar-refractivity contribution in [1.82, 2.24) is 5.32 Å². The zero-order chi connectivity index (χ0) is 11.5. The Balaban J connectivity index is 2.51. The molecule has 1 aromatic rings. The first-order chi connectivity index (χ1) is 6.87. The Morgan fingerprint density at radius 2 is 2.27 bits per heavy atom. The van der Waals surface area contributed by atoms with Gasteiger partial charge in [-0.2, -0.15) is 0 Å². The second kappa shape index (κ2) is 4.99. The van der Waals surface area contributed by atoms with E-state index in [2.05, 4.69) is 58.5 Å². The first kappa shape index (κ1) is 12.5. The lowest BCUT2D eigenvalue weighted by Gasteiger charge is -2.20. The average molecular weight is 290 g/mol. The van der Waals surface area contributed by atoms with Crippen LogP contribution >= 0.6 is 27.3 Å². The Kier molecular flexibility index (Phi) is 4.16. The SMILES string of the molecule is CC(C)(C)NC(N)=NCc1csc(Br)c1. The van der Waals surface area contributed by atoms with Gasteiger partial charge in [0.05, 0.1) is 10.3 Å². The molecular formula is C10H16BrN3S. The van der Waals surface area contributed by atoms with Gasteiger partial charge in [-0.3, -0.25) is 0 Å². The molecule has 0 unspecified atom stereocenters. The molecule has 84 valence electrons. The second-order valence-electron chi connectivity index (χ2n) is 4.34. The van der Waals surface area contributed by atoms with E-state index in [1.807, 2.05) is 0 Å². The fourth-order valence-corrected chi connectivity index (χ4v) is 2.23. The summed E-state index contributed by atoms with van der Waals surface area (Å²) in [6.45, 7) is 6.78. The molecule has 0 aliphatic heterocycles. The molecule has 0 aromatic carbocycles. The molecule has 5 heteroatoms. The van der Waals surface area contributed by atoms with Crippen molar-refractivity contribution in [2.24, 2.45) is 10.7 Å². The molecule has 1 heterocycles. The number of rotatable bonds is 2. The van der Waals surface area contributed by atoms with E-state index in [1.54, 1.807) is 11.3 Å². The monoisotopic (exact) mass is 289 g/mol. The molecule has 0 fully saturated rings. The number of nitrogens with zero attached hydrogens (tertiary/aromatic N) is 1. The molecular weight excluding hydrogens is 274 g/mol. The van der Waals surface area contributed by atoms with Crippen molar-refractivity contribution in [2.45, 2.75) is 32.9 Å². The van der Waals surface area contributed by atoms with Gasteiger partial charge in [0.25, 0.3) is 0 Å². The van der Waals surface area contributed by atoms with Crippen molar-refractivity contribution in [2.75, 3.05) is 0 Å². The van der Waals surface area contributed by atoms with Crippen molar-refractivity contribution >= 4 is 33.2 Å². The molecule has 0 saturated carbocycles. The van der Waals surface area contributed by atoms with Crippen molar-refractivity contribution < 1.29 is 0 Å². The van der Waals surface area contributed by atoms with Crippen LogP contribution in [0, 0.1) is 0 Å². The highest BCUT2D eigenvalue weighted by Crippen LogP contribution is 2.20. The van der Waals surface area contributed by atoms with Gasteiger partial charge >= 0.3 is 0 Å². The second-order valence-corrected chi connectivity index (χ2v) is 6.63. The van der Waals surface area contributed by atoms with Crippen LogP contribution in [0.25, 0.3) is 0 Å². The maximum absolute atomic E-state index is 5.75. The van der Waals surface area contributed by atoms with Gasteiger partial charge in [-0.25, -0.2) is 4.99 Å². The molecule has 0 aliphatic carbocycles. The Labute approximate surface area is 103 Å². The number of aliphatic imine (C=N–C) groups is 1. The average Bonchev–Trinajstić information content (AvgIpc) is 2.45. The van der Waals surface area contributed by atoms with Crippen LogP contribution in [0.5, 0.6) is 0 Å². The van der Waals surface area contributed by atoms with Gasteiger partial charge in [0.2, 0.25) is 0 Å². The number of hydrogen-bond donors (Lipinski definition) is 2. The minimum absolute atomic E-state index is 0.0389. The van der Waals surface area contributed by atoms with E-state index in [-0.39, 0.29) is 5.54 Å². The summed E-state index contributed by atoms with van der Waals surface area (Å²) in [5, 5.41) is 5.18. The number of hydrogen-bond acceptors (Lipinski definition) is 2. The van der Waals surface area contributed by atoms with E-state index >= 15 is 0 Å². The summed E-state index contributed by atoms with van der Waals surface area (Å²) in [6.07, 6.45) is 0. The maximum atomic E-state index is 5.75. The van der Waals surface area contributed by atoms with E-state index in [9.17, 15) is 0 Å². The topological polar surface area (TPSA) is 50.4 Å². The van der Waals surface area contributed by atoms with Gasteiger partial charge in [-0.1, -0.05) is 0 Å². The first-order valence-corrected chi connectivity index (χ1v) is 6.35. The molecule has 3 nitrogen and oxygen atoms in total. The summed E-state index contributed by atoms with van der Waals surface area (Å²) >= 11 is 5.07. The van der Waals surface area contributed by atoms with Crippen LogP contribution in [-0.4, -0.2) is 11.5 Å². The van der Waals surface area contributed by atoms with Crippen LogP contribution in [0.3, 0.4) is 0 Å². The van der Waals surface area contributed by atoms with Gasteiger partial charge in [0.15, 0.2) is 5.96 Å². The highest BCUT2D eigenvalue weighted by atomic mass is 79.9. The zero-order valence-electron chi connectivity index (χ0n) is 9.17. The van der Waals surface area contributed by atoms with E-state index in [0.717, 1.165) is 3.79 Å². The lowest BCUT2D eigenvalue weighted by Crippen LogP contribution is -2.44. The zero-order valence-corrected chi connectivity index (χ0v) is 11.6. The largest absolute Gasteiger partial charge is 0.370 e. The van der Waals surface area contributed by atoms with Crippen LogP contribution in [0.15, 0.2) is 20.2 Å². The van der Waals surface area contributed by atoms with Gasteiger partial charge in [-0.05, 0) is 53.7 Å². The van der Waals surface area contributed by atoms with Crippen LogP contribution in [-0.2, 0) is 6.54 Å². The van der Waals surface area contributed by atoms with Gasteiger partial charge in [0, 0.05) is 5.54 Å². The highest BCUT2D eigenvalue weighted by Gasteiger charge is 2.09. The number of guanidine groups is 1. The molecule has 0 atom stereocenters. The Morgan fingerprint density at radius 1 is 1.60 bits per heavy atom. The Bertz CT molecular complexity index is 352. The summed E-state index contributed by atoms with van der Waals surface area (Å²) in [5.74, 6) is 0.491. The smallest absolute Gasteiger partial charge is 0.189 e. The van der Waals surface area contributed by atoms with Crippen LogP contribution in [0.2, 0.25) is 0 Å². The minimum atomic E-state index is -0.0389. The quantitative estimate of drug-likeness (QED) is 0.650. The molecule has 0 amide bonds. The molecule has 0 aliphatic rings. The highest BCUT2D eigenvalue weighted by molar-refractivity contribution is 9.11. The Morgan fingerprint density at radius 3 is 2.73 bits per heavy atom. The number of nitrogens with one attached hydrogen (secondary N) is 1. The third-order valence-corrected chi connectivity index (χ3v) is 3.11. The number of halogens is 1. The fraction of sp³-hybridized carbons (Fsp3) is 0.500. The molecule has 15 heavy (non-hydrogen) atoms. The van der Waals surface area contributed by atoms with Gasteiger partial charge < -0.3 is 11.1 Å². The minimum Gasteiger partial charge on any atom is -0.370 e. The van der Waals surface area contributed by atoms with Crippen LogP contribution < -0.4 is 11.1 Å². The predicted molar refractivity (Wildman–Crippen MR) is 70.2 cm³/mol. The van der Waals surface area contributed by atoms with Crippen LogP contribution in [0.4, 0.5) is 0 Å². The van der Waals surface area contributed by atoms with E-state index < -0.39 is 0 Å². The summed E-state index contributed by atoms with van der Waals surface area (Å²) in [5.41, 5.74) is 6.88. The third kappa shape index (κ3) is 5.18. The molecule has 0 saturated heterocycles. The molecule has 0 bridgehead atoms. The van der Waals surface area contributed by atoms with E-state index in [1.165, 1.54) is 5.56 Å². The van der Waals surface area contributed by atoms with Crippen molar-refractivity contribution in [1.29, 1.82) is 0 Å². The molecule has 0 radical (unpaired) electrons. The maximum Gasteiger partial charge on any atom is 0.189 e.